The highest BCUT2D eigenvalue weighted by Gasteiger charge is 2.24. The number of halogens is 3. The molecule has 0 atom stereocenters. The number of hydrogen-bond acceptors (Lipinski definition) is 7. The Morgan fingerprint density at radius 2 is 2.00 bits per heavy atom. The Hall–Kier alpha value is -3.53. The van der Waals surface area contributed by atoms with Gasteiger partial charge in [0.05, 0.1) is 11.9 Å². The van der Waals surface area contributed by atoms with Gasteiger partial charge in [-0.15, -0.1) is 0 Å². The van der Waals surface area contributed by atoms with Crippen LogP contribution in [-0.2, 0) is 13.0 Å². The highest BCUT2D eigenvalue weighted by atomic mass is 19.1. The zero-order valence-electron chi connectivity index (χ0n) is 19.9. The Bertz CT molecular complexity index is 1230. The fourth-order valence-corrected chi connectivity index (χ4v) is 4.29. The number of nitrogens with one attached hydrogen (secondary N) is 3. The molecule has 10 heteroatoms. The van der Waals surface area contributed by atoms with Crippen molar-refractivity contribution in [1.29, 1.82) is 5.41 Å². The minimum absolute atomic E-state index is 0.00496. The first-order valence-corrected chi connectivity index (χ1v) is 11.5. The largest absolute Gasteiger partial charge is 0.391 e. The monoisotopic (exact) mass is 483 g/mol. The third-order valence-electron chi connectivity index (χ3n) is 6.01. The SMILES string of the molecule is CN/C(=C1/C=C(c2nc(Nc3ccc4c(n3)CCN(CCF)C4)ncc2F)C=C(F)C1=N)C(C)C. The van der Waals surface area contributed by atoms with Crippen molar-refractivity contribution in [2.24, 2.45) is 5.92 Å². The van der Waals surface area contributed by atoms with Crippen LogP contribution in [0.4, 0.5) is 24.9 Å². The first kappa shape index (κ1) is 24.6. The Labute approximate surface area is 202 Å². The van der Waals surface area contributed by atoms with E-state index in [0.717, 1.165) is 30.1 Å². The molecule has 0 radical (unpaired) electrons. The van der Waals surface area contributed by atoms with E-state index in [1.807, 2.05) is 24.8 Å². The molecular formula is C25H28F3N7. The van der Waals surface area contributed by atoms with Crippen molar-refractivity contribution in [3.63, 3.8) is 0 Å². The van der Waals surface area contributed by atoms with Crippen molar-refractivity contribution in [1.82, 2.24) is 25.2 Å². The minimum atomic E-state index is -0.767. The molecule has 0 saturated heterocycles. The molecule has 2 aliphatic rings. The second kappa shape index (κ2) is 10.4. The molecule has 0 spiro atoms. The number of aromatic nitrogens is 3. The lowest BCUT2D eigenvalue weighted by Crippen LogP contribution is -2.32. The smallest absolute Gasteiger partial charge is 0.229 e. The average molecular weight is 484 g/mol. The topological polar surface area (TPSA) is 89.8 Å². The van der Waals surface area contributed by atoms with Gasteiger partial charge in [0, 0.05) is 55.6 Å². The Balaban J connectivity index is 1.63. The fraction of sp³-hybridized carbons (Fsp3) is 0.360. The van der Waals surface area contributed by atoms with Crippen LogP contribution in [0.3, 0.4) is 0 Å². The van der Waals surface area contributed by atoms with Crippen LogP contribution >= 0.6 is 0 Å². The quantitative estimate of drug-likeness (QED) is 0.538. The van der Waals surface area contributed by atoms with Gasteiger partial charge in [0.2, 0.25) is 5.95 Å². The highest BCUT2D eigenvalue weighted by Crippen LogP contribution is 2.31. The molecule has 2 aromatic rings. The molecule has 3 heterocycles. The molecule has 7 nitrogen and oxygen atoms in total. The van der Waals surface area contributed by atoms with Crippen LogP contribution in [0.2, 0.25) is 0 Å². The van der Waals surface area contributed by atoms with E-state index in [-0.39, 0.29) is 35.5 Å². The highest BCUT2D eigenvalue weighted by molar-refractivity contribution is 6.15. The first-order chi connectivity index (χ1) is 16.8. The lowest BCUT2D eigenvalue weighted by Gasteiger charge is -2.27. The third-order valence-corrected chi connectivity index (χ3v) is 6.01. The second-order valence-corrected chi connectivity index (χ2v) is 8.73. The van der Waals surface area contributed by atoms with E-state index in [9.17, 15) is 13.2 Å². The molecule has 0 aromatic carbocycles. The van der Waals surface area contributed by atoms with Crippen LogP contribution in [0.15, 0.2) is 47.6 Å². The van der Waals surface area contributed by atoms with E-state index in [4.69, 9.17) is 5.41 Å². The summed E-state index contributed by atoms with van der Waals surface area (Å²) in [6, 6.07) is 3.70. The summed E-state index contributed by atoms with van der Waals surface area (Å²) < 4.78 is 42.0. The molecule has 184 valence electrons. The van der Waals surface area contributed by atoms with E-state index >= 15 is 0 Å². The van der Waals surface area contributed by atoms with Crippen LogP contribution in [0, 0.1) is 17.1 Å². The van der Waals surface area contributed by atoms with Gasteiger partial charge in [-0.05, 0) is 29.7 Å². The Morgan fingerprint density at radius 3 is 2.71 bits per heavy atom. The molecular weight excluding hydrogens is 455 g/mol. The van der Waals surface area contributed by atoms with Crippen molar-refractivity contribution in [2.45, 2.75) is 26.8 Å². The molecule has 1 aliphatic heterocycles. The summed E-state index contributed by atoms with van der Waals surface area (Å²) in [5, 5.41) is 14.2. The molecule has 0 unspecified atom stereocenters. The summed E-state index contributed by atoms with van der Waals surface area (Å²) >= 11 is 0. The van der Waals surface area contributed by atoms with Crippen LogP contribution < -0.4 is 10.6 Å². The Kier molecular flexibility index (Phi) is 7.30. The van der Waals surface area contributed by atoms with Crippen LogP contribution in [0.25, 0.3) is 5.57 Å². The predicted molar refractivity (Wildman–Crippen MR) is 130 cm³/mol. The zero-order valence-corrected chi connectivity index (χ0v) is 19.9. The van der Waals surface area contributed by atoms with E-state index in [2.05, 4.69) is 25.6 Å². The van der Waals surface area contributed by atoms with E-state index in [0.29, 0.717) is 36.6 Å². The van der Waals surface area contributed by atoms with Crippen molar-refractivity contribution < 1.29 is 13.2 Å². The normalized spacial score (nSPS) is 17.6. The number of nitrogens with zero attached hydrogens (tertiary/aromatic N) is 4. The van der Waals surface area contributed by atoms with Gasteiger partial charge < -0.3 is 10.6 Å². The number of fused-ring (bicyclic) bond motifs is 1. The van der Waals surface area contributed by atoms with Crippen LogP contribution in [0.1, 0.15) is 30.8 Å². The molecule has 0 amide bonds. The maximum absolute atomic E-state index is 14.7. The van der Waals surface area contributed by atoms with Gasteiger partial charge in [-0.25, -0.2) is 28.1 Å². The summed E-state index contributed by atoms with van der Waals surface area (Å²) in [4.78, 5) is 15.0. The second-order valence-electron chi connectivity index (χ2n) is 8.73. The maximum atomic E-state index is 14.7. The molecule has 35 heavy (non-hydrogen) atoms. The molecule has 0 bridgehead atoms. The van der Waals surface area contributed by atoms with E-state index < -0.39 is 11.6 Å². The summed E-state index contributed by atoms with van der Waals surface area (Å²) in [5.74, 6) is -0.857. The number of alkyl halides is 1. The lowest BCUT2D eigenvalue weighted by atomic mass is 9.92. The van der Waals surface area contributed by atoms with Gasteiger partial charge in [-0.3, -0.25) is 10.3 Å². The average Bonchev–Trinajstić information content (AvgIpc) is 2.83. The van der Waals surface area contributed by atoms with E-state index in [1.165, 1.54) is 0 Å². The van der Waals surface area contributed by atoms with Gasteiger partial charge >= 0.3 is 0 Å². The van der Waals surface area contributed by atoms with Gasteiger partial charge in [-0.1, -0.05) is 19.9 Å². The Morgan fingerprint density at radius 1 is 1.20 bits per heavy atom. The number of rotatable bonds is 7. The minimum Gasteiger partial charge on any atom is -0.391 e. The van der Waals surface area contributed by atoms with Crippen molar-refractivity contribution >= 4 is 23.1 Å². The van der Waals surface area contributed by atoms with Crippen LogP contribution in [-0.4, -0.2) is 52.4 Å². The summed E-state index contributed by atoms with van der Waals surface area (Å²) in [7, 11) is 1.71. The fourth-order valence-electron chi connectivity index (χ4n) is 4.29. The van der Waals surface area contributed by atoms with Crippen molar-refractivity contribution in [3.8, 4) is 0 Å². The van der Waals surface area contributed by atoms with Gasteiger partial charge in [0.15, 0.2) is 5.82 Å². The maximum Gasteiger partial charge on any atom is 0.229 e. The number of allylic oxidation sites excluding steroid dienone is 6. The molecule has 0 fully saturated rings. The first-order valence-electron chi connectivity index (χ1n) is 11.5. The van der Waals surface area contributed by atoms with Crippen molar-refractivity contribution in [2.75, 3.05) is 32.1 Å². The zero-order chi connectivity index (χ0) is 25.1. The molecule has 1 aliphatic carbocycles. The summed E-state index contributed by atoms with van der Waals surface area (Å²) in [6.45, 7) is 5.24. The van der Waals surface area contributed by atoms with Gasteiger partial charge in [0.25, 0.3) is 0 Å². The van der Waals surface area contributed by atoms with E-state index in [1.54, 1.807) is 19.2 Å². The third kappa shape index (κ3) is 5.27. The molecule has 2 aromatic heterocycles. The molecule has 0 saturated carbocycles. The molecule has 4 rings (SSSR count). The molecule has 3 N–H and O–H groups in total. The number of pyridine rings is 1. The number of hydrogen-bond donors (Lipinski definition) is 3. The predicted octanol–water partition coefficient (Wildman–Crippen LogP) is 4.48. The number of anilines is 2. The van der Waals surface area contributed by atoms with Gasteiger partial charge in [0.1, 0.15) is 24.0 Å². The standard InChI is InChI=1S/C25H28F3N7/c1-14(2)23(30-3)17-10-16(11-18(27)22(17)29)24-19(28)12-31-25(34-24)33-21-5-4-15-13-35(9-7-26)8-6-20(15)32-21/h4-5,10-12,14,29-30H,6-9,13H2,1-3H3,(H,31,32,33,34)/b23-17-,29-22?. The lowest BCUT2D eigenvalue weighted by molar-refractivity contribution is 0.229. The summed E-state index contributed by atoms with van der Waals surface area (Å²) in [6.07, 6.45) is 4.39. The van der Waals surface area contributed by atoms with Crippen molar-refractivity contribution in [3.05, 3.63) is 70.3 Å². The van der Waals surface area contributed by atoms with Crippen LogP contribution in [0.5, 0.6) is 0 Å². The van der Waals surface area contributed by atoms with Gasteiger partial charge in [-0.2, -0.15) is 0 Å². The summed E-state index contributed by atoms with van der Waals surface area (Å²) in [5.41, 5.74) is 2.83.